The fraction of sp³-hybridized carbons (Fsp3) is 0.0833. The highest BCUT2D eigenvalue weighted by molar-refractivity contribution is 7.92. The highest BCUT2D eigenvalue weighted by Crippen LogP contribution is 2.32. The Morgan fingerprint density at radius 3 is 2.43 bits per heavy atom. The van der Waals surface area contributed by atoms with Crippen LogP contribution in [0.25, 0.3) is 0 Å². The van der Waals surface area contributed by atoms with Crippen LogP contribution in [0.15, 0.2) is 47.6 Å². The van der Waals surface area contributed by atoms with E-state index < -0.39 is 33.3 Å². The van der Waals surface area contributed by atoms with Crippen LogP contribution in [0.1, 0.15) is 5.56 Å². The summed E-state index contributed by atoms with van der Waals surface area (Å²) in [4.78, 5) is 3.29. The average molecular weight is 320 g/mol. The fourth-order valence-corrected chi connectivity index (χ4v) is 2.51. The molecular formula is C12H8F4N2O2S. The average Bonchev–Trinajstić information content (AvgIpc) is 2.41. The van der Waals surface area contributed by atoms with Gasteiger partial charge in [0.05, 0.1) is 11.3 Å². The molecule has 0 unspecified atom stereocenters. The van der Waals surface area contributed by atoms with Crippen molar-refractivity contribution in [2.75, 3.05) is 4.72 Å². The number of benzene rings is 1. The van der Waals surface area contributed by atoms with E-state index in [-0.39, 0.29) is 4.90 Å². The number of hydrogen-bond acceptors (Lipinski definition) is 3. The molecule has 1 heterocycles. The minimum atomic E-state index is -4.71. The molecule has 1 N–H and O–H groups in total. The molecule has 0 spiro atoms. The molecule has 4 nitrogen and oxygen atoms in total. The van der Waals surface area contributed by atoms with Crippen LogP contribution in [0.2, 0.25) is 0 Å². The maximum atomic E-state index is 13.5. The van der Waals surface area contributed by atoms with Crippen LogP contribution >= 0.6 is 0 Å². The van der Waals surface area contributed by atoms with Gasteiger partial charge in [0, 0.05) is 12.4 Å². The van der Waals surface area contributed by atoms with Crippen molar-refractivity contribution in [2.45, 2.75) is 11.1 Å². The smallest absolute Gasteiger partial charge is 0.277 e. The summed E-state index contributed by atoms with van der Waals surface area (Å²) in [7, 11) is -4.22. The van der Waals surface area contributed by atoms with Gasteiger partial charge in [-0.15, -0.1) is 0 Å². The lowest BCUT2D eigenvalue weighted by atomic mass is 10.2. The van der Waals surface area contributed by atoms with E-state index in [0.29, 0.717) is 18.2 Å². The first-order chi connectivity index (χ1) is 9.70. The molecule has 0 bridgehead atoms. The zero-order valence-corrected chi connectivity index (χ0v) is 11.0. The quantitative estimate of drug-likeness (QED) is 0.884. The number of pyridine rings is 1. The molecule has 0 saturated heterocycles. The molecule has 9 heteroatoms. The predicted octanol–water partition coefficient (Wildman–Crippen LogP) is 3.04. The van der Waals surface area contributed by atoms with Crippen molar-refractivity contribution in [1.29, 1.82) is 0 Å². The number of alkyl halides is 3. The Bertz CT molecular complexity index is 746. The van der Waals surface area contributed by atoms with E-state index in [0.717, 1.165) is 6.20 Å². The zero-order valence-electron chi connectivity index (χ0n) is 10.2. The summed E-state index contributed by atoms with van der Waals surface area (Å²) in [5, 5.41) is 0. The van der Waals surface area contributed by atoms with E-state index in [9.17, 15) is 26.0 Å². The largest absolute Gasteiger partial charge is 0.416 e. The van der Waals surface area contributed by atoms with Gasteiger partial charge >= 0.3 is 6.18 Å². The third-order valence-corrected chi connectivity index (χ3v) is 3.83. The highest BCUT2D eigenvalue weighted by Gasteiger charge is 2.31. The molecule has 2 rings (SSSR count). The van der Waals surface area contributed by atoms with Gasteiger partial charge in [-0.3, -0.25) is 9.71 Å². The van der Waals surface area contributed by atoms with Crippen LogP contribution in [-0.2, 0) is 16.2 Å². The Morgan fingerprint density at radius 2 is 1.86 bits per heavy atom. The van der Waals surface area contributed by atoms with E-state index in [4.69, 9.17) is 0 Å². The van der Waals surface area contributed by atoms with Crippen molar-refractivity contribution in [3.05, 3.63) is 54.1 Å². The second-order valence-corrected chi connectivity index (χ2v) is 5.67. The van der Waals surface area contributed by atoms with E-state index in [2.05, 4.69) is 4.98 Å². The molecule has 2 aromatic rings. The van der Waals surface area contributed by atoms with Gasteiger partial charge < -0.3 is 0 Å². The Labute approximate surface area is 117 Å². The monoisotopic (exact) mass is 320 g/mol. The number of nitrogens with one attached hydrogen (secondary N) is 1. The molecule has 0 amide bonds. The van der Waals surface area contributed by atoms with Gasteiger partial charge in [0.15, 0.2) is 0 Å². The van der Waals surface area contributed by atoms with E-state index >= 15 is 0 Å². The molecule has 0 aliphatic heterocycles. The summed E-state index contributed by atoms with van der Waals surface area (Å²) < 4.78 is 76.7. The van der Waals surface area contributed by atoms with Crippen molar-refractivity contribution in [2.24, 2.45) is 0 Å². The number of sulfonamides is 1. The SMILES string of the molecule is O=S(=O)(Nc1cc(C(F)(F)F)ccc1F)c1cccnc1. The van der Waals surface area contributed by atoms with Crippen LogP contribution in [0.3, 0.4) is 0 Å². The van der Waals surface area contributed by atoms with Gasteiger partial charge in [0.1, 0.15) is 10.7 Å². The summed E-state index contributed by atoms with van der Waals surface area (Å²) in [5.74, 6) is -1.12. The minimum Gasteiger partial charge on any atom is -0.277 e. The maximum Gasteiger partial charge on any atom is 0.416 e. The molecule has 0 aliphatic rings. The normalized spacial score (nSPS) is 12.2. The molecule has 21 heavy (non-hydrogen) atoms. The Hall–Kier alpha value is -2.16. The van der Waals surface area contributed by atoms with Gasteiger partial charge in [0.2, 0.25) is 0 Å². The van der Waals surface area contributed by atoms with E-state index in [1.807, 2.05) is 0 Å². The second kappa shape index (κ2) is 5.32. The molecule has 0 aliphatic carbocycles. The minimum absolute atomic E-state index is 0.290. The molecule has 112 valence electrons. The molecule has 0 fully saturated rings. The predicted molar refractivity (Wildman–Crippen MR) is 66.4 cm³/mol. The number of aromatic nitrogens is 1. The van der Waals surface area contributed by atoms with E-state index in [1.54, 1.807) is 4.72 Å². The zero-order chi connectivity index (χ0) is 15.7. The lowest BCUT2D eigenvalue weighted by molar-refractivity contribution is -0.137. The summed E-state index contributed by atoms with van der Waals surface area (Å²) in [5.41, 5.74) is -1.94. The Kier molecular flexibility index (Phi) is 3.86. The second-order valence-electron chi connectivity index (χ2n) is 3.99. The van der Waals surface area contributed by atoms with Crippen molar-refractivity contribution < 1.29 is 26.0 Å². The molecule has 0 radical (unpaired) electrons. The van der Waals surface area contributed by atoms with Gasteiger partial charge in [-0.2, -0.15) is 13.2 Å². The first-order valence-corrected chi connectivity index (χ1v) is 6.98. The Balaban J connectivity index is 2.40. The number of rotatable bonds is 3. The molecule has 0 atom stereocenters. The molecule has 0 saturated carbocycles. The van der Waals surface area contributed by atoms with Crippen molar-refractivity contribution >= 4 is 15.7 Å². The van der Waals surface area contributed by atoms with Crippen LogP contribution in [-0.4, -0.2) is 13.4 Å². The summed E-state index contributed by atoms with van der Waals surface area (Å²) in [6, 6.07) is 3.97. The lowest BCUT2D eigenvalue weighted by Crippen LogP contribution is -2.15. The molecular weight excluding hydrogens is 312 g/mol. The third kappa shape index (κ3) is 3.48. The third-order valence-electron chi connectivity index (χ3n) is 2.48. The van der Waals surface area contributed by atoms with Gasteiger partial charge in [0.25, 0.3) is 10.0 Å². The number of hydrogen-bond donors (Lipinski definition) is 1. The van der Waals surface area contributed by atoms with Crippen molar-refractivity contribution in [3.63, 3.8) is 0 Å². The van der Waals surface area contributed by atoms with Crippen molar-refractivity contribution in [1.82, 2.24) is 4.98 Å². The lowest BCUT2D eigenvalue weighted by Gasteiger charge is -2.12. The first-order valence-electron chi connectivity index (χ1n) is 5.50. The van der Waals surface area contributed by atoms with Gasteiger partial charge in [-0.1, -0.05) is 0 Å². The maximum absolute atomic E-state index is 13.5. The summed E-state index contributed by atoms with van der Waals surface area (Å²) >= 11 is 0. The number of anilines is 1. The topological polar surface area (TPSA) is 59.1 Å². The van der Waals surface area contributed by atoms with E-state index in [1.165, 1.54) is 18.3 Å². The first kappa shape index (κ1) is 15.2. The highest BCUT2D eigenvalue weighted by atomic mass is 32.2. The number of halogens is 4. The summed E-state index contributed by atoms with van der Waals surface area (Å²) in [6.07, 6.45) is -2.39. The van der Waals surface area contributed by atoms with Crippen molar-refractivity contribution in [3.8, 4) is 0 Å². The van der Waals surface area contributed by atoms with Crippen LogP contribution in [0.4, 0.5) is 23.2 Å². The van der Waals surface area contributed by atoms with Gasteiger partial charge in [-0.25, -0.2) is 12.8 Å². The Morgan fingerprint density at radius 1 is 1.14 bits per heavy atom. The summed E-state index contributed by atoms with van der Waals surface area (Å²) in [6.45, 7) is 0. The molecule has 1 aromatic carbocycles. The van der Waals surface area contributed by atoms with Gasteiger partial charge in [-0.05, 0) is 30.3 Å². The van der Waals surface area contributed by atoms with Crippen LogP contribution in [0, 0.1) is 5.82 Å². The standard InChI is InChI=1S/C12H8F4N2O2S/c13-10-4-3-8(12(14,15)16)6-11(10)18-21(19,20)9-2-1-5-17-7-9/h1-7,18H. The van der Waals surface area contributed by atoms with Crippen LogP contribution in [0.5, 0.6) is 0 Å². The number of nitrogens with zero attached hydrogens (tertiary/aromatic N) is 1. The van der Waals surface area contributed by atoms with Crippen LogP contribution < -0.4 is 4.72 Å². The molecule has 1 aromatic heterocycles. The fourth-order valence-electron chi connectivity index (χ4n) is 1.49.